The van der Waals surface area contributed by atoms with Gasteiger partial charge in [-0.2, -0.15) is 0 Å². The summed E-state index contributed by atoms with van der Waals surface area (Å²) in [4.78, 5) is 0. The molecule has 1 aromatic rings. The zero-order valence-corrected chi connectivity index (χ0v) is 11.4. The average molecular weight is 269 g/mol. The van der Waals surface area contributed by atoms with Crippen LogP contribution in [-0.4, -0.2) is 33.6 Å². The van der Waals surface area contributed by atoms with Crippen LogP contribution in [0, 0.1) is 5.41 Å². The molecule has 4 nitrogen and oxygen atoms in total. The molecule has 1 aliphatic heterocycles. The maximum Gasteiger partial charge on any atom is 0.150 e. The molecule has 2 rings (SSSR count). The molecule has 18 heavy (non-hydrogen) atoms. The van der Waals surface area contributed by atoms with Crippen molar-refractivity contribution in [1.82, 2.24) is 0 Å². The van der Waals surface area contributed by atoms with Crippen molar-refractivity contribution < 1.29 is 13.2 Å². The molecule has 0 saturated carbocycles. The molecular formula is C13H19NO3S. The standard InChI is InChI=1S/C13H19NO3S/c1-17-12-5-3-2-4-11(12)8-13(9-14)6-7-18(15,16)10-13/h2-5H,6-10,14H2,1H3. The van der Waals surface area contributed by atoms with E-state index in [1.165, 1.54) is 0 Å². The van der Waals surface area contributed by atoms with Crippen LogP contribution in [0.15, 0.2) is 24.3 Å². The van der Waals surface area contributed by atoms with Gasteiger partial charge in [0.2, 0.25) is 0 Å². The summed E-state index contributed by atoms with van der Waals surface area (Å²) in [6, 6.07) is 7.71. The molecule has 0 aliphatic carbocycles. The predicted molar refractivity (Wildman–Crippen MR) is 71.5 cm³/mol. The van der Waals surface area contributed by atoms with Crippen LogP contribution in [0.4, 0.5) is 0 Å². The summed E-state index contributed by atoms with van der Waals surface area (Å²) in [6.07, 6.45) is 1.30. The maximum absolute atomic E-state index is 11.7. The Bertz CT molecular complexity index is 527. The van der Waals surface area contributed by atoms with Crippen molar-refractivity contribution in [2.45, 2.75) is 12.8 Å². The number of hydrogen-bond acceptors (Lipinski definition) is 4. The van der Waals surface area contributed by atoms with Crippen LogP contribution in [0.1, 0.15) is 12.0 Å². The fourth-order valence-corrected chi connectivity index (χ4v) is 4.79. The lowest BCUT2D eigenvalue weighted by molar-refractivity contribution is 0.334. The molecule has 100 valence electrons. The van der Waals surface area contributed by atoms with Gasteiger partial charge in [-0.25, -0.2) is 8.42 Å². The molecule has 0 aromatic heterocycles. The number of benzene rings is 1. The first kappa shape index (κ1) is 13.4. The van der Waals surface area contributed by atoms with Crippen LogP contribution in [0.5, 0.6) is 5.75 Å². The fraction of sp³-hybridized carbons (Fsp3) is 0.538. The van der Waals surface area contributed by atoms with Gasteiger partial charge in [0, 0.05) is 5.41 Å². The Morgan fingerprint density at radius 2 is 2.11 bits per heavy atom. The monoisotopic (exact) mass is 269 g/mol. The van der Waals surface area contributed by atoms with Gasteiger partial charge in [-0.05, 0) is 31.0 Å². The first-order valence-electron chi connectivity index (χ1n) is 6.03. The van der Waals surface area contributed by atoms with Crippen LogP contribution < -0.4 is 10.5 Å². The van der Waals surface area contributed by atoms with E-state index < -0.39 is 9.84 Å². The van der Waals surface area contributed by atoms with Crippen LogP contribution in [-0.2, 0) is 16.3 Å². The van der Waals surface area contributed by atoms with E-state index in [4.69, 9.17) is 10.5 Å². The average Bonchev–Trinajstić information content (AvgIpc) is 2.66. The summed E-state index contributed by atoms with van der Waals surface area (Å²) < 4.78 is 28.6. The summed E-state index contributed by atoms with van der Waals surface area (Å²) in [5.74, 6) is 1.24. The van der Waals surface area contributed by atoms with Gasteiger partial charge in [-0.15, -0.1) is 0 Å². The number of rotatable bonds is 4. The second kappa shape index (κ2) is 4.90. The Labute approximate surface area is 108 Å². The highest BCUT2D eigenvalue weighted by molar-refractivity contribution is 7.91. The summed E-state index contributed by atoms with van der Waals surface area (Å²) >= 11 is 0. The van der Waals surface area contributed by atoms with Gasteiger partial charge >= 0.3 is 0 Å². The van der Waals surface area contributed by atoms with Crippen LogP contribution >= 0.6 is 0 Å². The third-order valence-electron chi connectivity index (χ3n) is 3.66. The van der Waals surface area contributed by atoms with Gasteiger partial charge in [0.25, 0.3) is 0 Å². The fourth-order valence-electron chi connectivity index (χ4n) is 2.61. The van der Waals surface area contributed by atoms with E-state index in [1.54, 1.807) is 7.11 Å². The zero-order valence-electron chi connectivity index (χ0n) is 10.6. The highest BCUT2D eigenvalue weighted by Gasteiger charge is 2.41. The van der Waals surface area contributed by atoms with E-state index in [0.717, 1.165) is 11.3 Å². The van der Waals surface area contributed by atoms with E-state index in [2.05, 4.69) is 0 Å². The SMILES string of the molecule is COc1ccccc1CC1(CN)CCS(=O)(=O)C1. The lowest BCUT2D eigenvalue weighted by Crippen LogP contribution is -2.34. The van der Waals surface area contributed by atoms with E-state index in [1.807, 2.05) is 24.3 Å². The molecule has 5 heteroatoms. The van der Waals surface area contributed by atoms with Crippen molar-refractivity contribution in [3.63, 3.8) is 0 Å². The predicted octanol–water partition coefficient (Wildman–Crippen LogP) is 1.00. The van der Waals surface area contributed by atoms with E-state index in [0.29, 0.717) is 19.4 Å². The van der Waals surface area contributed by atoms with Gasteiger partial charge in [0.1, 0.15) is 5.75 Å². The van der Waals surface area contributed by atoms with Crippen molar-refractivity contribution in [3.05, 3.63) is 29.8 Å². The minimum atomic E-state index is -2.93. The number of para-hydroxylation sites is 1. The van der Waals surface area contributed by atoms with Crippen LogP contribution in [0.2, 0.25) is 0 Å². The minimum Gasteiger partial charge on any atom is -0.496 e. The third kappa shape index (κ3) is 2.67. The molecule has 1 aromatic carbocycles. The summed E-state index contributed by atoms with van der Waals surface area (Å²) in [7, 11) is -1.30. The maximum atomic E-state index is 11.7. The van der Waals surface area contributed by atoms with Crippen LogP contribution in [0.25, 0.3) is 0 Å². The first-order valence-corrected chi connectivity index (χ1v) is 7.85. The molecule has 1 heterocycles. The van der Waals surface area contributed by atoms with Crippen molar-refractivity contribution in [1.29, 1.82) is 0 Å². The Hall–Kier alpha value is -1.07. The molecule has 0 bridgehead atoms. The zero-order chi connectivity index (χ0) is 13.2. The number of ether oxygens (including phenoxy) is 1. The van der Waals surface area contributed by atoms with E-state index >= 15 is 0 Å². The molecule has 0 spiro atoms. The minimum absolute atomic E-state index is 0.189. The van der Waals surface area contributed by atoms with Crippen molar-refractivity contribution in [2.75, 3.05) is 25.2 Å². The second-order valence-corrected chi connectivity index (χ2v) is 7.22. The molecule has 0 amide bonds. The van der Waals surface area contributed by atoms with Crippen LogP contribution in [0.3, 0.4) is 0 Å². The van der Waals surface area contributed by atoms with Gasteiger partial charge < -0.3 is 10.5 Å². The summed E-state index contributed by atoms with van der Waals surface area (Å²) in [6.45, 7) is 0.393. The van der Waals surface area contributed by atoms with E-state index in [9.17, 15) is 8.42 Å². The Balaban J connectivity index is 2.26. The lowest BCUT2D eigenvalue weighted by Gasteiger charge is -2.26. The molecule has 1 atom stereocenters. The molecule has 2 N–H and O–H groups in total. The second-order valence-electron chi connectivity index (χ2n) is 5.03. The Kier molecular flexibility index (Phi) is 3.64. The quantitative estimate of drug-likeness (QED) is 0.885. The molecule has 0 radical (unpaired) electrons. The lowest BCUT2D eigenvalue weighted by atomic mass is 9.81. The number of hydrogen-bond donors (Lipinski definition) is 1. The smallest absolute Gasteiger partial charge is 0.150 e. The highest BCUT2D eigenvalue weighted by atomic mass is 32.2. The molecular weight excluding hydrogens is 250 g/mol. The van der Waals surface area contributed by atoms with Gasteiger partial charge in [0.15, 0.2) is 9.84 Å². The topological polar surface area (TPSA) is 69.4 Å². The highest BCUT2D eigenvalue weighted by Crippen LogP contribution is 2.36. The third-order valence-corrected chi connectivity index (χ3v) is 5.54. The summed E-state index contributed by atoms with van der Waals surface area (Å²) in [5, 5.41) is 0. The molecule has 1 saturated heterocycles. The molecule has 1 fully saturated rings. The number of methoxy groups -OCH3 is 1. The Morgan fingerprint density at radius 1 is 1.39 bits per heavy atom. The van der Waals surface area contributed by atoms with E-state index in [-0.39, 0.29) is 16.9 Å². The normalized spacial score (nSPS) is 26.1. The first-order chi connectivity index (χ1) is 8.50. The molecule has 1 unspecified atom stereocenters. The van der Waals surface area contributed by atoms with Crippen molar-refractivity contribution >= 4 is 9.84 Å². The van der Waals surface area contributed by atoms with Crippen molar-refractivity contribution in [3.8, 4) is 5.75 Å². The Morgan fingerprint density at radius 3 is 2.67 bits per heavy atom. The number of nitrogens with two attached hydrogens (primary N) is 1. The largest absolute Gasteiger partial charge is 0.496 e. The van der Waals surface area contributed by atoms with Gasteiger partial charge in [-0.1, -0.05) is 18.2 Å². The molecule has 1 aliphatic rings. The van der Waals surface area contributed by atoms with Gasteiger partial charge in [-0.3, -0.25) is 0 Å². The van der Waals surface area contributed by atoms with Crippen molar-refractivity contribution in [2.24, 2.45) is 11.1 Å². The summed E-state index contributed by atoms with van der Waals surface area (Å²) in [5.41, 5.74) is 6.53. The van der Waals surface area contributed by atoms with Gasteiger partial charge in [0.05, 0.1) is 18.6 Å². The number of sulfone groups is 1.